The van der Waals surface area contributed by atoms with Crippen molar-refractivity contribution < 1.29 is 29.6 Å². The monoisotopic (exact) mass is 513 g/mol. The average molecular weight is 514 g/mol. The number of aromatic nitrogens is 4. The number of carbonyl (C=O) groups excluding carboxylic acids is 1. The second-order valence-electron chi connectivity index (χ2n) is 8.93. The molecular formula is C25H28FN5O6. The number of nitrogens with zero attached hydrogens (tertiary/aromatic N) is 3. The van der Waals surface area contributed by atoms with Crippen molar-refractivity contribution in [2.24, 2.45) is 0 Å². The number of hydrogen-bond donors (Lipinski definition) is 6. The summed E-state index contributed by atoms with van der Waals surface area (Å²) in [4.78, 5) is 37.7. The molecule has 3 atom stereocenters. The number of hydrogen-bond acceptors (Lipinski definition) is 8. The zero-order chi connectivity index (χ0) is 26.9. The van der Waals surface area contributed by atoms with Crippen molar-refractivity contribution in [3.8, 4) is 0 Å². The van der Waals surface area contributed by atoms with E-state index in [0.29, 0.717) is 22.4 Å². The third kappa shape index (κ3) is 5.37. The summed E-state index contributed by atoms with van der Waals surface area (Å²) < 4.78 is 15.0. The van der Waals surface area contributed by atoms with Gasteiger partial charge in [0.25, 0.3) is 11.5 Å². The molecule has 11 nitrogen and oxygen atoms in total. The Balaban J connectivity index is 1.61. The lowest BCUT2D eigenvalue weighted by atomic mass is 10.1. The van der Waals surface area contributed by atoms with E-state index in [-0.39, 0.29) is 18.5 Å². The van der Waals surface area contributed by atoms with Crippen molar-refractivity contribution in [1.29, 1.82) is 0 Å². The highest BCUT2D eigenvalue weighted by atomic mass is 19.1. The lowest BCUT2D eigenvalue weighted by Crippen LogP contribution is -2.44. The Morgan fingerprint density at radius 3 is 2.57 bits per heavy atom. The van der Waals surface area contributed by atoms with Gasteiger partial charge in [0, 0.05) is 13.0 Å². The first-order chi connectivity index (χ1) is 17.6. The Labute approximate surface area is 210 Å². The number of nitrogens with one attached hydrogen (secondary N) is 2. The third-order valence-corrected chi connectivity index (χ3v) is 6.28. The van der Waals surface area contributed by atoms with Crippen LogP contribution in [-0.2, 0) is 13.0 Å². The van der Waals surface area contributed by atoms with Crippen molar-refractivity contribution in [3.05, 3.63) is 69.1 Å². The summed E-state index contributed by atoms with van der Waals surface area (Å²) in [6.45, 7) is 2.51. The van der Waals surface area contributed by atoms with Crippen LogP contribution in [0.4, 0.5) is 4.39 Å². The van der Waals surface area contributed by atoms with Gasteiger partial charge >= 0.3 is 0 Å². The fourth-order valence-electron chi connectivity index (χ4n) is 4.03. The number of aliphatic hydroxyl groups excluding tert-OH is 4. The molecule has 3 unspecified atom stereocenters. The van der Waals surface area contributed by atoms with Gasteiger partial charge in [0.15, 0.2) is 11.5 Å². The summed E-state index contributed by atoms with van der Waals surface area (Å²) in [5.41, 5.74) is 1.86. The Hall–Kier alpha value is -3.71. The molecular weight excluding hydrogens is 485 g/mol. The predicted molar refractivity (Wildman–Crippen MR) is 133 cm³/mol. The largest absolute Gasteiger partial charge is 0.394 e. The number of halogens is 1. The number of carbonyl (C=O) groups is 1. The maximum Gasteiger partial charge on any atom is 0.282 e. The smallest absolute Gasteiger partial charge is 0.282 e. The lowest BCUT2D eigenvalue weighted by Gasteiger charge is -2.23. The van der Waals surface area contributed by atoms with Crippen molar-refractivity contribution in [2.75, 3.05) is 13.2 Å². The molecule has 4 aromatic rings. The van der Waals surface area contributed by atoms with Gasteiger partial charge < -0.3 is 35.3 Å². The first-order valence-electron chi connectivity index (χ1n) is 11.7. The van der Waals surface area contributed by atoms with Crippen LogP contribution in [0.15, 0.2) is 35.1 Å². The van der Waals surface area contributed by atoms with Crippen LogP contribution < -0.4 is 10.9 Å². The van der Waals surface area contributed by atoms with Crippen LogP contribution in [-0.4, -0.2) is 77.3 Å². The van der Waals surface area contributed by atoms with Gasteiger partial charge in [-0.15, -0.1) is 0 Å². The molecule has 0 bridgehead atoms. The summed E-state index contributed by atoms with van der Waals surface area (Å²) >= 11 is 0. The number of imidazole rings is 1. The lowest BCUT2D eigenvalue weighted by molar-refractivity contribution is -0.0805. The number of amides is 1. The van der Waals surface area contributed by atoms with Crippen LogP contribution in [0.5, 0.6) is 0 Å². The molecule has 1 amide bonds. The standard InChI is InChI=1S/C25H28FN5O6/c1-12-8-16-17(9-13(12)2)31(10-18(33)23(35)19(34)11-32)25(37)22(29-16)24(36)27-7-6-20-28-15-5-3-4-14(26)21(15)30-20/h3-5,8-9,18-19,23,32-35H,6-7,10-11H2,1-2H3,(H,27,36)(H,28,30). The molecule has 0 saturated carbocycles. The van der Waals surface area contributed by atoms with Crippen LogP contribution in [0, 0.1) is 19.7 Å². The second kappa shape index (κ2) is 10.7. The van der Waals surface area contributed by atoms with Gasteiger partial charge in [-0.25, -0.2) is 14.4 Å². The van der Waals surface area contributed by atoms with E-state index in [1.165, 1.54) is 6.07 Å². The van der Waals surface area contributed by atoms with E-state index in [4.69, 9.17) is 5.11 Å². The van der Waals surface area contributed by atoms with E-state index in [2.05, 4.69) is 20.3 Å². The highest BCUT2D eigenvalue weighted by molar-refractivity contribution is 5.94. The van der Waals surface area contributed by atoms with E-state index in [1.54, 1.807) is 24.3 Å². The first-order valence-corrected chi connectivity index (χ1v) is 11.7. The molecule has 0 aliphatic carbocycles. The number of rotatable bonds is 9. The molecule has 0 radical (unpaired) electrons. The van der Waals surface area contributed by atoms with E-state index in [9.17, 15) is 29.3 Å². The molecule has 0 fully saturated rings. The first kappa shape index (κ1) is 26.4. The third-order valence-electron chi connectivity index (χ3n) is 6.28. The SMILES string of the molecule is Cc1cc2nc(C(=O)NCCc3nc4c(F)cccc4[nH]3)c(=O)n(CC(O)C(O)C(O)CO)c2cc1C. The van der Waals surface area contributed by atoms with Crippen LogP contribution in [0.2, 0.25) is 0 Å². The summed E-state index contributed by atoms with van der Waals surface area (Å²) in [5, 5.41) is 41.9. The van der Waals surface area contributed by atoms with E-state index in [0.717, 1.165) is 15.7 Å². The quantitative estimate of drug-likeness (QED) is 0.182. The highest BCUT2D eigenvalue weighted by Gasteiger charge is 2.27. The maximum atomic E-state index is 13.9. The molecule has 2 aromatic heterocycles. The Morgan fingerprint density at radius 1 is 1.14 bits per heavy atom. The molecule has 12 heteroatoms. The van der Waals surface area contributed by atoms with Gasteiger partial charge in [-0.1, -0.05) is 6.07 Å². The van der Waals surface area contributed by atoms with Crippen LogP contribution >= 0.6 is 0 Å². The zero-order valence-electron chi connectivity index (χ0n) is 20.3. The number of aromatic amines is 1. The van der Waals surface area contributed by atoms with E-state index >= 15 is 0 Å². The molecule has 196 valence electrons. The molecule has 2 aromatic carbocycles. The highest BCUT2D eigenvalue weighted by Crippen LogP contribution is 2.18. The van der Waals surface area contributed by atoms with Gasteiger partial charge in [0.2, 0.25) is 0 Å². The van der Waals surface area contributed by atoms with Crippen molar-refractivity contribution in [3.63, 3.8) is 0 Å². The molecule has 0 aliphatic rings. The van der Waals surface area contributed by atoms with Crippen molar-refractivity contribution in [1.82, 2.24) is 24.8 Å². The summed E-state index contributed by atoms with van der Waals surface area (Å²) in [6.07, 6.45) is -4.71. The molecule has 6 N–H and O–H groups in total. The molecule has 2 heterocycles. The Kier molecular flexibility index (Phi) is 7.64. The fraction of sp³-hybridized carbons (Fsp3) is 0.360. The number of aliphatic hydroxyl groups is 4. The maximum absolute atomic E-state index is 13.9. The number of benzene rings is 2. The molecule has 4 rings (SSSR count). The summed E-state index contributed by atoms with van der Waals surface area (Å²) in [5.74, 6) is -0.768. The molecule has 0 aliphatic heterocycles. The molecule has 0 saturated heterocycles. The van der Waals surface area contributed by atoms with Gasteiger partial charge in [0.05, 0.1) is 29.7 Å². The number of aryl methyl sites for hydroxylation is 2. The number of fused-ring (bicyclic) bond motifs is 2. The molecule has 37 heavy (non-hydrogen) atoms. The summed E-state index contributed by atoms with van der Waals surface area (Å²) in [6, 6.07) is 7.93. The number of para-hydroxylation sites is 1. The van der Waals surface area contributed by atoms with E-state index < -0.39 is 54.4 Å². The minimum atomic E-state index is -1.72. The Bertz CT molecular complexity index is 1520. The van der Waals surface area contributed by atoms with Gasteiger partial charge in [-0.2, -0.15) is 0 Å². The normalized spacial score (nSPS) is 14.1. The van der Waals surface area contributed by atoms with Gasteiger partial charge in [-0.05, 0) is 49.2 Å². The van der Waals surface area contributed by atoms with Crippen LogP contribution in [0.1, 0.15) is 27.4 Å². The number of H-pyrrole nitrogens is 1. The minimum Gasteiger partial charge on any atom is -0.394 e. The van der Waals surface area contributed by atoms with Crippen LogP contribution in [0.3, 0.4) is 0 Å². The Morgan fingerprint density at radius 2 is 1.86 bits per heavy atom. The zero-order valence-corrected chi connectivity index (χ0v) is 20.3. The molecule has 0 spiro atoms. The van der Waals surface area contributed by atoms with E-state index in [1.807, 2.05) is 13.8 Å². The van der Waals surface area contributed by atoms with Gasteiger partial charge in [-0.3, -0.25) is 9.59 Å². The van der Waals surface area contributed by atoms with Crippen molar-refractivity contribution >= 4 is 28.0 Å². The second-order valence-corrected chi connectivity index (χ2v) is 8.93. The predicted octanol–water partition coefficient (Wildman–Crippen LogP) is 0.0762. The van der Waals surface area contributed by atoms with Gasteiger partial charge in [0.1, 0.15) is 29.7 Å². The topological polar surface area (TPSA) is 174 Å². The van der Waals surface area contributed by atoms with Crippen LogP contribution in [0.25, 0.3) is 22.1 Å². The summed E-state index contributed by atoms with van der Waals surface area (Å²) in [7, 11) is 0. The fourth-order valence-corrected chi connectivity index (χ4v) is 4.03. The minimum absolute atomic E-state index is 0.0798. The van der Waals surface area contributed by atoms with Crippen molar-refractivity contribution in [2.45, 2.75) is 45.1 Å². The average Bonchev–Trinajstić information content (AvgIpc) is 3.30.